The second-order valence-corrected chi connectivity index (χ2v) is 5.04. The molecule has 104 valence electrons. The van der Waals surface area contributed by atoms with E-state index in [1.165, 1.54) is 0 Å². The van der Waals surface area contributed by atoms with Gasteiger partial charge >= 0.3 is 0 Å². The first-order chi connectivity index (χ1) is 9.20. The summed E-state index contributed by atoms with van der Waals surface area (Å²) in [4.78, 5) is 22.5. The summed E-state index contributed by atoms with van der Waals surface area (Å²) < 4.78 is 0. The van der Waals surface area contributed by atoms with Crippen molar-refractivity contribution in [3.63, 3.8) is 0 Å². The van der Waals surface area contributed by atoms with E-state index in [-0.39, 0.29) is 11.9 Å². The monoisotopic (exact) mass is 262 g/mol. The molecule has 1 aromatic heterocycles. The van der Waals surface area contributed by atoms with Crippen LogP contribution in [0.1, 0.15) is 38.8 Å². The molecule has 0 aromatic carbocycles. The lowest BCUT2D eigenvalue weighted by Gasteiger charge is -2.21. The van der Waals surface area contributed by atoms with Gasteiger partial charge in [0.1, 0.15) is 18.2 Å². The molecule has 19 heavy (non-hydrogen) atoms. The molecule has 5 heteroatoms. The predicted molar refractivity (Wildman–Crippen MR) is 74.9 cm³/mol. The van der Waals surface area contributed by atoms with Crippen LogP contribution >= 0.6 is 0 Å². The van der Waals surface area contributed by atoms with Crippen LogP contribution in [-0.4, -0.2) is 39.9 Å². The zero-order valence-corrected chi connectivity index (χ0v) is 11.7. The molecule has 0 aliphatic carbocycles. The van der Waals surface area contributed by atoms with E-state index in [0.29, 0.717) is 0 Å². The zero-order valence-electron chi connectivity index (χ0n) is 11.7. The minimum Gasteiger partial charge on any atom is -0.359 e. The molecule has 1 atom stereocenters. The lowest BCUT2D eigenvalue weighted by molar-refractivity contribution is -0.130. The summed E-state index contributed by atoms with van der Waals surface area (Å²) in [6, 6.07) is 1.69. The lowest BCUT2D eigenvalue weighted by Crippen LogP contribution is -2.39. The van der Waals surface area contributed by atoms with Gasteiger partial charge in [0.15, 0.2) is 0 Å². The molecule has 0 radical (unpaired) electrons. The number of carbonyl (C=O) groups excluding carboxylic acids is 1. The van der Waals surface area contributed by atoms with Gasteiger partial charge in [-0.1, -0.05) is 13.3 Å². The van der Waals surface area contributed by atoms with Gasteiger partial charge in [-0.25, -0.2) is 9.97 Å². The van der Waals surface area contributed by atoms with Gasteiger partial charge in [0.2, 0.25) is 5.91 Å². The van der Waals surface area contributed by atoms with Crippen molar-refractivity contribution >= 4 is 11.7 Å². The average Bonchev–Trinajstić information content (AvgIpc) is 2.92. The molecule has 1 fully saturated rings. The van der Waals surface area contributed by atoms with Gasteiger partial charge in [-0.15, -0.1) is 0 Å². The van der Waals surface area contributed by atoms with Crippen LogP contribution in [0, 0.1) is 0 Å². The fourth-order valence-corrected chi connectivity index (χ4v) is 2.36. The van der Waals surface area contributed by atoms with E-state index >= 15 is 0 Å². The van der Waals surface area contributed by atoms with Crippen molar-refractivity contribution in [2.24, 2.45) is 0 Å². The van der Waals surface area contributed by atoms with Crippen LogP contribution in [0.3, 0.4) is 0 Å². The number of amides is 1. The molecule has 1 aromatic rings. The first kappa shape index (κ1) is 13.8. The van der Waals surface area contributed by atoms with Gasteiger partial charge in [-0.05, 0) is 26.2 Å². The number of anilines is 1. The third kappa shape index (κ3) is 3.66. The number of rotatable bonds is 5. The van der Waals surface area contributed by atoms with Crippen molar-refractivity contribution in [3.8, 4) is 0 Å². The van der Waals surface area contributed by atoms with Crippen LogP contribution in [0.2, 0.25) is 0 Å². The zero-order chi connectivity index (χ0) is 13.7. The second-order valence-electron chi connectivity index (χ2n) is 5.04. The highest BCUT2D eigenvalue weighted by Crippen LogP contribution is 2.12. The number of hydrogen-bond acceptors (Lipinski definition) is 4. The van der Waals surface area contributed by atoms with E-state index in [1.54, 1.807) is 6.33 Å². The Morgan fingerprint density at radius 2 is 2.16 bits per heavy atom. The Morgan fingerprint density at radius 1 is 1.42 bits per heavy atom. The molecule has 1 unspecified atom stereocenters. The van der Waals surface area contributed by atoms with Crippen LogP contribution in [0.4, 0.5) is 5.82 Å². The summed E-state index contributed by atoms with van der Waals surface area (Å²) in [5.74, 6) is 0.895. The number of nitrogens with one attached hydrogen (secondary N) is 1. The largest absolute Gasteiger partial charge is 0.359 e. The molecule has 1 aliphatic heterocycles. The van der Waals surface area contributed by atoms with Gasteiger partial charge in [0.05, 0.1) is 0 Å². The van der Waals surface area contributed by atoms with Crippen molar-refractivity contribution in [2.45, 2.75) is 45.6 Å². The van der Waals surface area contributed by atoms with Crippen LogP contribution < -0.4 is 5.32 Å². The first-order valence-corrected chi connectivity index (χ1v) is 7.07. The summed E-state index contributed by atoms with van der Waals surface area (Å²) in [6.45, 7) is 5.78. The summed E-state index contributed by atoms with van der Waals surface area (Å²) in [5, 5.41) is 3.18. The molecule has 1 N–H and O–H groups in total. The van der Waals surface area contributed by atoms with Crippen LogP contribution in [0.25, 0.3) is 0 Å². The van der Waals surface area contributed by atoms with Gasteiger partial charge < -0.3 is 10.2 Å². The average molecular weight is 262 g/mol. The third-order valence-electron chi connectivity index (χ3n) is 3.38. The Bertz CT molecular complexity index is 429. The summed E-state index contributed by atoms with van der Waals surface area (Å²) >= 11 is 0. The lowest BCUT2D eigenvalue weighted by atomic mass is 10.2. The minimum atomic E-state index is -0.234. The van der Waals surface area contributed by atoms with Crippen molar-refractivity contribution in [2.75, 3.05) is 18.4 Å². The van der Waals surface area contributed by atoms with Gasteiger partial charge in [0.25, 0.3) is 0 Å². The molecule has 2 rings (SSSR count). The topological polar surface area (TPSA) is 58.1 Å². The fraction of sp³-hybridized carbons (Fsp3) is 0.643. The maximum absolute atomic E-state index is 12.2. The second kappa shape index (κ2) is 6.50. The molecule has 1 amide bonds. The van der Waals surface area contributed by atoms with Gasteiger partial charge in [0, 0.05) is 24.8 Å². The normalized spacial score (nSPS) is 16.4. The Hall–Kier alpha value is -1.65. The van der Waals surface area contributed by atoms with E-state index in [9.17, 15) is 4.79 Å². The number of nitrogens with zero attached hydrogens (tertiary/aromatic N) is 3. The summed E-state index contributed by atoms with van der Waals surface area (Å²) in [6.07, 6.45) is 5.78. The maximum atomic E-state index is 12.2. The number of aryl methyl sites for hydroxylation is 1. The van der Waals surface area contributed by atoms with Crippen LogP contribution in [-0.2, 0) is 11.2 Å². The van der Waals surface area contributed by atoms with Gasteiger partial charge in [-0.3, -0.25) is 4.79 Å². The maximum Gasteiger partial charge on any atom is 0.244 e. The van der Waals surface area contributed by atoms with Crippen LogP contribution in [0.15, 0.2) is 12.4 Å². The van der Waals surface area contributed by atoms with Crippen LogP contribution in [0.5, 0.6) is 0 Å². The fourth-order valence-electron chi connectivity index (χ4n) is 2.36. The van der Waals surface area contributed by atoms with E-state index in [0.717, 1.165) is 50.3 Å². The predicted octanol–water partition coefficient (Wildman–Crippen LogP) is 1.85. The highest BCUT2D eigenvalue weighted by Gasteiger charge is 2.23. The van der Waals surface area contributed by atoms with Crippen molar-refractivity contribution in [3.05, 3.63) is 18.1 Å². The van der Waals surface area contributed by atoms with E-state index in [4.69, 9.17) is 0 Å². The molecular weight excluding hydrogens is 240 g/mol. The minimum absolute atomic E-state index is 0.160. The first-order valence-electron chi connectivity index (χ1n) is 7.07. The Balaban J connectivity index is 1.95. The Kier molecular flexibility index (Phi) is 4.71. The van der Waals surface area contributed by atoms with E-state index in [1.807, 2.05) is 17.9 Å². The smallest absolute Gasteiger partial charge is 0.244 e. The third-order valence-corrected chi connectivity index (χ3v) is 3.38. The molecule has 1 aliphatic rings. The standard InChI is InChI=1S/C14H22N4O/c1-3-6-12-9-13(16-10-15-12)17-11(2)14(19)18-7-4-5-8-18/h9-11H,3-8H2,1-2H3,(H,15,16,17). The molecule has 5 nitrogen and oxygen atoms in total. The molecule has 1 saturated heterocycles. The molecule has 0 bridgehead atoms. The number of carbonyl (C=O) groups is 1. The number of hydrogen-bond donors (Lipinski definition) is 1. The Morgan fingerprint density at radius 3 is 2.84 bits per heavy atom. The molecular formula is C14H22N4O. The highest BCUT2D eigenvalue weighted by molar-refractivity contribution is 5.84. The number of aromatic nitrogens is 2. The van der Waals surface area contributed by atoms with E-state index in [2.05, 4.69) is 22.2 Å². The molecule has 0 saturated carbocycles. The SMILES string of the molecule is CCCc1cc(NC(C)C(=O)N2CCCC2)ncn1. The quantitative estimate of drug-likeness (QED) is 0.880. The highest BCUT2D eigenvalue weighted by atomic mass is 16.2. The molecule has 2 heterocycles. The molecule has 0 spiro atoms. The van der Waals surface area contributed by atoms with E-state index < -0.39 is 0 Å². The number of likely N-dealkylation sites (tertiary alicyclic amines) is 1. The van der Waals surface area contributed by atoms with Crippen molar-refractivity contribution < 1.29 is 4.79 Å². The summed E-state index contributed by atoms with van der Waals surface area (Å²) in [5.41, 5.74) is 1.01. The van der Waals surface area contributed by atoms with Gasteiger partial charge in [-0.2, -0.15) is 0 Å². The van der Waals surface area contributed by atoms with Crippen molar-refractivity contribution in [1.82, 2.24) is 14.9 Å². The Labute approximate surface area is 114 Å². The summed E-state index contributed by atoms with van der Waals surface area (Å²) in [7, 11) is 0. The van der Waals surface area contributed by atoms with Crippen molar-refractivity contribution in [1.29, 1.82) is 0 Å².